The number of rotatable bonds is 4. The number of nitrogens with one attached hydrogen (secondary N) is 1. The monoisotopic (exact) mass is 412 g/mol. The summed E-state index contributed by atoms with van der Waals surface area (Å²) in [7, 11) is 0. The molecule has 0 bridgehead atoms. The Labute approximate surface area is 169 Å². The zero-order valence-corrected chi connectivity index (χ0v) is 16.8. The molecule has 142 valence electrons. The average Bonchev–Trinajstić information content (AvgIpc) is 3.07. The third-order valence-corrected chi connectivity index (χ3v) is 6.14. The lowest BCUT2D eigenvalue weighted by Gasteiger charge is -2.17. The molecule has 1 unspecified atom stereocenters. The number of fused-ring (bicyclic) bond motifs is 3. The number of amides is 1. The summed E-state index contributed by atoms with van der Waals surface area (Å²) in [4.78, 5) is 35.4. The van der Waals surface area contributed by atoms with E-state index in [1.165, 1.54) is 22.2 Å². The summed E-state index contributed by atoms with van der Waals surface area (Å²) < 4.78 is 1.89. The molecule has 4 aromatic rings. The number of aromatic nitrogens is 3. The molecule has 0 radical (unpaired) electrons. The standard InChI is InChI=1S/C20H17ClN4O2S/c1-3-15(18(26)24-12-7-6-11(2)14(21)9-12)25-10-23-16-13-5-4-8-22-19(13)28-17(16)20(25)27/h4-10,15H,3H2,1-2H3,(H,24,26). The Morgan fingerprint density at radius 1 is 1.32 bits per heavy atom. The van der Waals surface area contributed by atoms with Crippen molar-refractivity contribution in [3.05, 3.63) is 63.8 Å². The maximum absolute atomic E-state index is 13.1. The number of pyridine rings is 1. The highest BCUT2D eigenvalue weighted by Crippen LogP contribution is 2.29. The maximum atomic E-state index is 13.1. The number of benzene rings is 1. The molecule has 6 nitrogen and oxygen atoms in total. The van der Waals surface area contributed by atoms with E-state index in [4.69, 9.17) is 11.6 Å². The number of carbonyl (C=O) groups is 1. The highest BCUT2D eigenvalue weighted by molar-refractivity contribution is 7.25. The largest absolute Gasteiger partial charge is 0.324 e. The molecule has 0 aliphatic rings. The Morgan fingerprint density at radius 3 is 2.89 bits per heavy atom. The maximum Gasteiger partial charge on any atom is 0.272 e. The fourth-order valence-corrected chi connectivity index (χ4v) is 4.32. The van der Waals surface area contributed by atoms with Crippen LogP contribution in [-0.4, -0.2) is 20.4 Å². The van der Waals surface area contributed by atoms with Crippen LogP contribution in [0.3, 0.4) is 0 Å². The Hall–Kier alpha value is -2.77. The predicted octanol–water partition coefficient (Wildman–Crippen LogP) is 4.56. The zero-order valence-electron chi connectivity index (χ0n) is 15.3. The summed E-state index contributed by atoms with van der Waals surface area (Å²) in [5.41, 5.74) is 1.90. The van der Waals surface area contributed by atoms with Gasteiger partial charge in [0.05, 0.1) is 11.8 Å². The van der Waals surface area contributed by atoms with Crippen molar-refractivity contribution in [3.8, 4) is 0 Å². The van der Waals surface area contributed by atoms with Crippen LogP contribution in [-0.2, 0) is 4.79 Å². The first-order valence-electron chi connectivity index (χ1n) is 8.81. The fraction of sp³-hybridized carbons (Fsp3) is 0.200. The number of hydrogen-bond acceptors (Lipinski definition) is 5. The first-order chi connectivity index (χ1) is 13.5. The average molecular weight is 413 g/mol. The van der Waals surface area contributed by atoms with Gasteiger partial charge >= 0.3 is 0 Å². The summed E-state index contributed by atoms with van der Waals surface area (Å²) in [6.07, 6.45) is 3.58. The van der Waals surface area contributed by atoms with Crippen molar-refractivity contribution in [3.63, 3.8) is 0 Å². The van der Waals surface area contributed by atoms with Crippen LogP contribution in [0.4, 0.5) is 5.69 Å². The van der Waals surface area contributed by atoms with Gasteiger partial charge in [-0.3, -0.25) is 14.2 Å². The Balaban J connectivity index is 1.72. The van der Waals surface area contributed by atoms with Crippen molar-refractivity contribution in [1.29, 1.82) is 0 Å². The lowest BCUT2D eigenvalue weighted by atomic mass is 10.2. The molecule has 8 heteroatoms. The molecular weight excluding hydrogens is 396 g/mol. The zero-order chi connectivity index (χ0) is 19.8. The molecule has 1 atom stereocenters. The molecule has 0 saturated heterocycles. The van der Waals surface area contributed by atoms with Gasteiger partial charge in [-0.25, -0.2) is 9.97 Å². The molecule has 0 aliphatic heterocycles. The van der Waals surface area contributed by atoms with Gasteiger partial charge in [0.15, 0.2) is 0 Å². The third-order valence-electron chi connectivity index (χ3n) is 4.64. The third kappa shape index (κ3) is 3.16. The van der Waals surface area contributed by atoms with Crippen LogP contribution in [0.25, 0.3) is 20.4 Å². The number of thiophene rings is 1. The number of hydrogen-bond donors (Lipinski definition) is 1. The summed E-state index contributed by atoms with van der Waals surface area (Å²) in [5.74, 6) is -0.287. The van der Waals surface area contributed by atoms with Crippen LogP contribution in [0.5, 0.6) is 0 Å². The van der Waals surface area contributed by atoms with Gasteiger partial charge in [-0.2, -0.15) is 0 Å². The second-order valence-corrected chi connectivity index (χ2v) is 7.88. The van der Waals surface area contributed by atoms with E-state index in [1.54, 1.807) is 18.3 Å². The molecule has 3 heterocycles. The second-order valence-electron chi connectivity index (χ2n) is 6.47. The van der Waals surface area contributed by atoms with E-state index >= 15 is 0 Å². The van der Waals surface area contributed by atoms with Crippen LogP contribution in [0.15, 0.2) is 47.7 Å². The Kier molecular flexibility index (Phi) is 4.87. The molecule has 28 heavy (non-hydrogen) atoms. The minimum Gasteiger partial charge on any atom is -0.324 e. The molecule has 0 fully saturated rings. The minimum absolute atomic E-state index is 0.239. The topological polar surface area (TPSA) is 76.9 Å². The van der Waals surface area contributed by atoms with E-state index in [2.05, 4.69) is 15.3 Å². The van der Waals surface area contributed by atoms with E-state index in [0.717, 1.165) is 15.8 Å². The van der Waals surface area contributed by atoms with E-state index in [1.807, 2.05) is 32.0 Å². The van der Waals surface area contributed by atoms with Gasteiger partial charge in [-0.05, 0) is 43.2 Å². The highest BCUT2D eigenvalue weighted by atomic mass is 35.5. The molecule has 1 amide bonds. The number of nitrogens with zero attached hydrogens (tertiary/aromatic N) is 3. The van der Waals surface area contributed by atoms with Crippen LogP contribution in [0.2, 0.25) is 5.02 Å². The van der Waals surface area contributed by atoms with Gasteiger partial charge in [0, 0.05) is 22.3 Å². The fourth-order valence-electron chi connectivity index (χ4n) is 3.11. The lowest BCUT2D eigenvalue weighted by molar-refractivity contribution is -0.119. The normalized spacial score (nSPS) is 12.4. The Morgan fingerprint density at radius 2 is 2.14 bits per heavy atom. The van der Waals surface area contributed by atoms with E-state index in [0.29, 0.717) is 27.3 Å². The molecule has 0 saturated carbocycles. The van der Waals surface area contributed by atoms with Gasteiger partial charge < -0.3 is 5.32 Å². The molecule has 1 aromatic carbocycles. The second kappa shape index (κ2) is 7.33. The molecule has 0 spiro atoms. The van der Waals surface area contributed by atoms with Crippen molar-refractivity contribution in [2.45, 2.75) is 26.3 Å². The van der Waals surface area contributed by atoms with Crippen molar-refractivity contribution in [2.24, 2.45) is 0 Å². The summed E-state index contributed by atoms with van der Waals surface area (Å²) >= 11 is 7.43. The van der Waals surface area contributed by atoms with Gasteiger partial charge in [-0.1, -0.05) is 24.6 Å². The lowest BCUT2D eigenvalue weighted by Crippen LogP contribution is -2.33. The number of aryl methyl sites for hydroxylation is 1. The highest BCUT2D eigenvalue weighted by Gasteiger charge is 2.22. The molecule has 0 aliphatic carbocycles. The minimum atomic E-state index is -0.678. The van der Waals surface area contributed by atoms with Crippen molar-refractivity contribution < 1.29 is 4.79 Å². The first kappa shape index (κ1) is 18.6. The molecule has 3 aromatic heterocycles. The van der Waals surface area contributed by atoms with E-state index < -0.39 is 6.04 Å². The first-order valence-corrected chi connectivity index (χ1v) is 10.0. The number of halogens is 1. The van der Waals surface area contributed by atoms with Crippen molar-refractivity contribution >= 4 is 55.0 Å². The quantitative estimate of drug-likeness (QED) is 0.533. The smallest absolute Gasteiger partial charge is 0.272 e. The SMILES string of the molecule is CCC(C(=O)Nc1ccc(C)c(Cl)c1)n1cnc2c(sc3ncccc32)c1=O. The van der Waals surface area contributed by atoms with Gasteiger partial charge in [0.25, 0.3) is 5.56 Å². The predicted molar refractivity (Wildman–Crippen MR) is 113 cm³/mol. The van der Waals surface area contributed by atoms with E-state index in [9.17, 15) is 9.59 Å². The van der Waals surface area contributed by atoms with Crippen LogP contribution >= 0.6 is 22.9 Å². The Bertz CT molecular complexity index is 1260. The number of carbonyl (C=O) groups excluding carboxylic acids is 1. The van der Waals surface area contributed by atoms with E-state index in [-0.39, 0.29) is 11.5 Å². The summed E-state index contributed by atoms with van der Waals surface area (Å²) in [5, 5.41) is 4.26. The summed E-state index contributed by atoms with van der Waals surface area (Å²) in [6, 6.07) is 8.35. The number of anilines is 1. The van der Waals surface area contributed by atoms with Gasteiger partial charge in [-0.15, -0.1) is 11.3 Å². The van der Waals surface area contributed by atoms with Gasteiger partial charge in [0.1, 0.15) is 15.6 Å². The molecular formula is C20H17ClN4O2S. The molecule has 4 rings (SSSR count). The van der Waals surface area contributed by atoms with Crippen LogP contribution in [0.1, 0.15) is 24.9 Å². The van der Waals surface area contributed by atoms with Crippen molar-refractivity contribution in [1.82, 2.24) is 14.5 Å². The van der Waals surface area contributed by atoms with Crippen LogP contribution in [0, 0.1) is 6.92 Å². The summed E-state index contributed by atoms with van der Waals surface area (Å²) in [6.45, 7) is 3.75. The van der Waals surface area contributed by atoms with Gasteiger partial charge in [0.2, 0.25) is 5.91 Å². The van der Waals surface area contributed by atoms with Crippen molar-refractivity contribution in [2.75, 3.05) is 5.32 Å². The van der Waals surface area contributed by atoms with Crippen LogP contribution < -0.4 is 10.9 Å². The molecule has 1 N–H and O–H groups in total.